The molecular formula is C12H10FN3O4. The lowest BCUT2D eigenvalue weighted by Crippen LogP contribution is -2.12. The molecule has 1 aromatic carbocycles. The summed E-state index contributed by atoms with van der Waals surface area (Å²) in [4.78, 5) is 21.5. The molecule has 0 saturated carbocycles. The van der Waals surface area contributed by atoms with Gasteiger partial charge in [-0.3, -0.25) is 20.2 Å². The smallest absolute Gasteiger partial charge is 0.304 e. The van der Waals surface area contributed by atoms with Crippen LogP contribution in [0.5, 0.6) is 0 Å². The van der Waals surface area contributed by atoms with E-state index < -0.39 is 22.3 Å². The number of nitrogens with zero attached hydrogens (tertiary/aromatic N) is 2. The van der Waals surface area contributed by atoms with Crippen molar-refractivity contribution in [2.24, 2.45) is 0 Å². The molecule has 8 heteroatoms. The van der Waals surface area contributed by atoms with Crippen molar-refractivity contribution >= 4 is 17.5 Å². The first-order chi connectivity index (χ1) is 9.40. The minimum Gasteiger partial charge on any atom is -0.338 e. The summed E-state index contributed by atoms with van der Waals surface area (Å²) in [6.45, 7) is 3.41. The second-order valence-corrected chi connectivity index (χ2v) is 4.10. The highest BCUT2D eigenvalue weighted by molar-refractivity contribution is 6.04. The van der Waals surface area contributed by atoms with Crippen LogP contribution in [0, 0.1) is 29.8 Å². The number of halogens is 1. The van der Waals surface area contributed by atoms with Crippen molar-refractivity contribution in [3.05, 3.63) is 51.0 Å². The number of nitrogens with one attached hydrogen (secondary N) is 1. The van der Waals surface area contributed by atoms with Gasteiger partial charge >= 0.3 is 5.69 Å². The van der Waals surface area contributed by atoms with E-state index in [2.05, 4.69) is 10.5 Å². The number of amides is 1. The topological polar surface area (TPSA) is 98.3 Å². The summed E-state index contributed by atoms with van der Waals surface area (Å²) < 4.78 is 18.3. The molecule has 0 bridgehead atoms. The van der Waals surface area contributed by atoms with Gasteiger partial charge in [-0.05, 0) is 26.0 Å². The molecule has 0 fully saturated rings. The Morgan fingerprint density at radius 2 is 2.15 bits per heavy atom. The fraction of sp³-hybridized carbons (Fsp3) is 0.167. The Morgan fingerprint density at radius 3 is 2.65 bits per heavy atom. The Balaban J connectivity index is 2.24. The Morgan fingerprint density at radius 1 is 1.45 bits per heavy atom. The van der Waals surface area contributed by atoms with E-state index in [1.54, 1.807) is 13.8 Å². The molecule has 0 atom stereocenters. The Labute approximate surface area is 112 Å². The van der Waals surface area contributed by atoms with Gasteiger partial charge in [0.25, 0.3) is 5.91 Å². The molecule has 0 saturated heterocycles. The van der Waals surface area contributed by atoms with Gasteiger partial charge in [0.15, 0.2) is 0 Å². The van der Waals surface area contributed by atoms with Gasteiger partial charge in [-0.15, -0.1) is 0 Å². The minimum atomic E-state index is -1.08. The molecule has 2 rings (SSSR count). The highest BCUT2D eigenvalue weighted by Gasteiger charge is 2.18. The largest absolute Gasteiger partial charge is 0.338 e. The molecule has 1 amide bonds. The molecule has 2 aromatic rings. The zero-order valence-electron chi connectivity index (χ0n) is 10.6. The van der Waals surface area contributed by atoms with E-state index in [1.165, 1.54) is 0 Å². The van der Waals surface area contributed by atoms with Crippen LogP contribution in [0.15, 0.2) is 22.7 Å². The molecule has 0 unspecified atom stereocenters. The van der Waals surface area contributed by atoms with Crippen molar-refractivity contribution < 1.29 is 18.6 Å². The van der Waals surface area contributed by atoms with Crippen LogP contribution >= 0.6 is 0 Å². The molecule has 0 spiro atoms. The van der Waals surface area contributed by atoms with E-state index in [4.69, 9.17) is 4.52 Å². The van der Waals surface area contributed by atoms with Gasteiger partial charge in [0, 0.05) is 17.2 Å². The standard InChI is InChI=1S/C12H10FN3O4/c1-6-7(2)15-20-12(6)14-11(17)8-3-4-10(16(18)19)9(13)5-8/h3-5H,1-2H3,(H,14,17). The van der Waals surface area contributed by atoms with E-state index >= 15 is 0 Å². The average Bonchev–Trinajstić information content (AvgIpc) is 2.70. The fourth-order valence-corrected chi connectivity index (χ4v) is 1.50. The van der Waals surface area contributed by atoms with Crippen molar-refractivity contribution in [3.8, 4) is 0 Å². The zero-order valence-corrected chi connectivity index (χ0v) is 10.6. The van der Waals surface area contributed by atoms with Gasteiger partial charge in [0.1, 0.15) is 0 Å². The van der Waals surface area contributed by atoms with Crippen LogP contribution in [0.25, 0.3) is 0 Å². The Kier molecular flexibility index (Phi) is 3.47. The molecule has 0 aliphatic rings. The lowest BCUT2D eigenvalue weighted by atomic mass is 10.2. The average molecular weight is 279 g/mol. The maximum absolute atomic E-state index is 13.4. The van der Waals surface area contributed by atoms with Crippen LogP contribution in [0.2, 0.25) is 0 Å². The third kappa shape index (κ3) is 2.48. The van der Waals surface area contributed by atoms with Crippen LogP contribution in [-0.2, 0) is 0 Å². The molecule has 0 aliphatic carbocycles. The number of nitro groups is 1. The van der Waals surface area contributed by atoms with Gasteiger partial charge in [0.2, 0.25) is 11.7 Å². The molecule has 7 nitrogen and oxygen atoms in total. The van der Waals surface area contributed by atoms with Gasteiger partial charge in [-0.2, -0.15) is 4.39 Å². The third-order valence-corrected chi connectivity index (χ3v) is 2.79. The van der Waals surface area contributed by atoms with Crippen LogP contribution in [0.3, 0.4) is 0 Å². The first-order valence-electron chi connectivity index (χ1n) is 5.58. The number of hydrogen-bond acceptors (Lipinski definition) is 5. The number of aryl methyl sites for hydroxylation is 1. The monoisotopic (exact) mass is 279 g/mol. The van der Waals surface area contributed by atoms with Crippen LogP contribution in [0.1, 0.15) is 21.6 Å². The summed E-state index contributed by atoms with van der Waals surface area (Å²) >= 11 is 0. The minimum absolute atomic E-state index is 0.0541. The van der Waals surface area contributed by atoms with Crippen LogP contribution in [0.4, 0.5) is 16.0 Å². The lowest BCUT2D eigenvalue weighted by molar-refractivity contribution is -0.387. The summed E-state index contributed by atoms with van der Waals surface area (Å²) in [6, 6.07) is 2.89. The van der Waals surface area contributed by atoms with Gasteiger partial charge in [-0.25, -0.2) is 0 Å². The predicted molar refractivity (Wildman–Crippen MR) is 67.0 cm³/mol. The summed E-state index contributed by atoms with van der Waals surface area (Å²) in [7, 11) is 0. The first kappa shape index (κ1) is 13.7. The summed E-state index contributed by atoms with van der Waals surface area (Å²) in [5, 5.41) is 16.6. The molecule has 1 aromatic heterocycles. The molecule has 104 valence electrons. The fourth-order valence-electron chi connectivity index (χ4n) is 1.50. The molecule has 0 radical (unpaired) electrons. The maximum atomic E-state index is 13.4. The van der Waals surface area contributed by atoms with Crippen molar-refractivity contribution in [3.63, 3.8) is 0 Å². The van der Waals surface area contributed by atoms with E-state index in [9.17, 15) is 19.3 Å². The van der Waals surface area contributed by atoms with Gasteiger partial charge in [-0.1, -0.05) is 5.16 Å². The second kappa shape index (κ2) is 5.08. The SMILES string of the molecule is Cc1noc(NC(=O)c2ccc([N+](=O)[O-])c(F)c2)c1C. The number of rotatable bonds is 3. The highest BCUT2D eigenvalue weighted by atomic mass is 19.1. The Hall–Kier alpha value is -2.77. The van der Waals surface area contributed by atoms with Crippen LogP contribution < -0.4 is 5.32 Å². The lowest BCUT2D eigenvalue weighted by Gasteiger charge is -2.02. The van der Waals surface area contributed by atoms with E-state index in [-0.39, 0.29) is 11.4 Å². The number of carbonyl (C=O) groups is 1. The number of aromatic nitrogens is 1. The third-order valence-electron chi connectivity index (χ3n) is 2.79. The second-order valence-electron chi connectivity index (χ2n) is 4.10. The highest BCUT2D eigenvalue weighted by Crippen LogP contribution is 2.21. The van der Waals surface area contributed by atoms with Crippen molar-refractivity contribution in [2.75, 3.05) is 5.32 Å². The van der Waals surface area contributed by atoms with E-state index in [1.807, 2.05) is 0 Å². The molecule has 20 heavy (non-hydrogen) atoms. The summed E-state index contributed by atoms with van der Waals surface area (Å²) in [5.74, 6) is -1.56. The number of benzene rings is 1. The van der Waals surface area contributed by atoms with Gasteiger partial charge < -0.3 is 4.52 Å². The predicted octanol–water partition coefficient (Wildman–Crippen LogP) is 2.59. The van der Waals surface area contributed by atoms with E-state index in [0.29, 0.717) is 11.3 Å². The van der Waals surface area contributed by atoms with Crippen LogP contribution in [-0.4, -0.2) is 16.0 Å². The van der Waals surface area contributed by atoms with E-state index in [0.717, 1.165) is 18.2 Å². The van der Waals surface area contributed by atoms with Crippen molar-refractivity contribution in [2.45, 2.75) is 13.8 Å². The van der Waals surface area contributed by atoms with Gasteiger partial charge in [0.05, 0.1) is 10.6 Å². The van der Waals surface area contributed by atoms with Crippen molar-refractivity contribution in [1.82, 2.24) is 5.16 Å². The molecule has 1 heterocycles. The number of hydrogen-bond donors (Lipinski definition) is 1. The summed E-state index contributed by atoms with van der Waals surface area (Å²) in [5.41, 5.74) is 0.533. The molecular weight excluding hydrogens is 269 g/mol. The maximum Gasteiger partial charge on any atom is 0.304 e. The number of carbonyl (C=O) groups excluding carboxylic acids is 1. The summed E-state index contributed by atoms with van der Waals surface area (Å²) in [6.07, 6.45) is 0. The molecule has 0 aliphatic heterocycles. The normalized spacial score (nSPS) is 10.3. The first-order valence-corrected chi connectivity index (χ1v) is 5.58. The van der Waals surface area contributed by atoms with Crippen molar-refractivity contribution in [1.29, 1.82) is 0 Å². The number of anilines is 1. The number of nitro benzene ring substituents is 1. The zero-order chi connectivity index (χ0) is 14.9. The Bertz CT molecular complexity index is 696. The quantitative estimate of drug-likeness (QED) is 0.687. The molecule has 1 N–H and O–H groups in total.